The predicted octanol–water partition coefficient (Wildman–Crippen LogP) is 3.57. The number of anilines is 3. The van der Waals surface area contributed by atoms with Crippen LogP contribution in [0.5, 0.6) is 0 Å². The van der Waals surface area contributed by atoms with Crippen LogP contribution in [0.4, 0.5) is 21.9 Å². The van der Waals surface area contributed by atoms with Crippen molar-refractivity contribution in [2.75, 3.05) is 48.9 Å². The number of rotatable bonds is 7. The Morgan fingerprint density at radius 1 is 1.03 bits per heavy atom. The van der Waals surface area contributed by atoms with Crippen molar-refractivity contribution in [1.82, 2.24) is 5.32 Å². The zero-order valence-electron chi connectivity index (χ0n) is 17.6. The van der Waals surface area contributed by atoms with Crippen molar-refractivity contribution < 1.29 is 14.3 Å². The quantitative estimate of drug-likeness (QED) is 0.593. The van der Waals surface area contributed by atoms with Gasteiger partial charge in [0.2, 0.25) is 0 Å². The number of ether oxygens (including phenoxy) is 1. The Bertz CT molecular complexity index is 947. The van der Waals surface area contributed by atoms with E-state index in [1.807, 2.05) is 12.1 Å². The monoisotopic (exact) mass is 421 g/mol. The number of urea groups is 1. The Balaban J connectivity index is 1.74. The van der Waals surface area contributed by atoms with Crippen LogP contribution >= 0.6 is 0 Å². The average Bonchev–Trinajstić information content (AvgIpc) is 2.80. The van der Waals surface area contributed by atoms with Crippen molar-refractivity contribution in [3.63, 3.8) is 0 Å². The number of amides is 3. The Hall–Kier alpha value is -3.57. The molecule has 8 heteroatoms. The largest absolute Gasteiger partial charge is 0.383 e. The van der Waals surface area contributed by atoms with Gasteiger partial charge in [-0.15, -0.1) is 0 Å². The van der Waals surface area contributed by atoms with Crippen LogP contribution in [0.2, 0.25) is 0 Å². The number of nitriles is 1. The van der Waals surface area contributed by atoms with E-state index in [1.54, 1.807) is 43.5 Å². The maximum atomic E-state index is 12.8. The van der Waals surface area contributed by atoms with Crippen LogP contribution < -0.4 is 20.9 Å². The molecule has 3 rings (SSSR count). The lowest BCUT2D eigenvalue weighted by atomic mass is 10.1. The first-order chi connectivity index (χ1) is 15.1. The number of carbonyl (C=O) groups is 2. The summed E-state index contributed by atoms with van der Waals surface area (Å²) in [5, 5.41) is 17.2. The van der Waals surface area contributed by atoms with Crippen LogP contribution in [0.15, 0.2) is 42.5 Å². The van der Waals surface area contributed by atoms with E-state index >= 15 is 0 Å². The molecule has 31 heavy (non-hydrogen) atoms. The number of benzene rings is 2. The number of piperidine rings is 1. The standard InChI is InChI=1S/C23H27N5O3/c1-31-14-11-25-22(29)20-15-19(9-10-21(20)28-12-3-2-4-13-28)27-23(30)26-18-7-5-17(16-24)6-8-18/h5-10,15H,2-4,11-14H2,1H3,(H,25,29)(H2,26,27,30). The van der Waals surface area contributed by atoms with Crippen molar-refractivity contribution in [2.24, 2.45) is 0 Å². The molecule has 0 aromatic heterocycles. The summed E-state index contributed by atoms with van der Waals surface area (Å²) in [6.45, 7) is 2.65. The van der Waals surface area contributed by atoms with Crippen LogP contribution in [-0.4, -0.2) is 45.3 Å². The number of nitrogens with one attached hydrogen (secondary N) is 3. The van der Waals surface area contributed by atoms with Gasteiger partial charge < -0.3 is 25.6 Å². The molecule has 0 atom stereocenters. The lowest BCUT2D eigenvalue weighted by Crippen LogP contribution is -2.33. The van der Waals surface area contributed by atoms with E-state index in [0.29, 0.717) is 35.7 Å². The fraction of sp³-hybridized carbons (Fsp3) is 0.348. The van der Waals surface area contributed by atoms with Gasteiger partial charge in [-0.25, -0.2) is 4.79 Å². The second kappa shape index (κ2) is 11.0. The molecule has 1 saturated heterocycles. The summed E-state index contributed by atoms with van der Waals surface area (Å²) in [5.74, 6) is -0.200. The minimum atomic E-state index is -0.429. The minimum Gasteiger partial charge on any atom is -0.383 e. The smallest absolute Gasteiger partial charge is 0.323 e. The molecule has 2 aromatic carbocycles. The van der Waals surface area contributed by atoms with Gasteiger partial charge in [-0.1, -0.05) is 0 Å². The summed E-state index contributed by atoms with van der Waals surface area (Å²) in [4.78, 5) is 27.4. The van der Waals surface area contributed by atoms with Crippen molar-refractivity contribution >= 4 is 29.0 Å². The molecular formula is C23H27N5O3. The zero-order valence-corrected chi connectivity index (χ0v) is 17.6. The second-order valence-corrected chi connectivity index (χ2v) is 7.30. The van der Waals surface area contributed by atoms with E-state index in [4.69, 9.17) is 10.00 Å². The number of methoxy groups -OCH3 is 1. The van der Waals surface area contributed by atoms with Gasteiger partial charge in [-0.3, -0.25) is 4.79 Å². The van der Waals surface area contributed by atoms with E-state index in [9.17, 15) is 9.59 Å². The SMILES string of the molecule is COCCNC(=O)c1cc(NC(=O)Nc2ccc(C#N)cc2)ccc1N1CCCCC1. The van der Waals surface area contributed by atoms with Crippen LogP contribution in [0.1, 0.15) is 35.2 Å². The van der Waals surface area contributed by atoms with Crippen molar-refractivity contribution in [2.45, 2.75) is 19.3 Å². The third-order valence-corrected chi connectivity index (χ3v) is 5.06. The Labute approximate surface area is 182 Å². The van der Waals surface area contributed by atoms with Gasteiger partial charge in [0.1, 0.15) is 0 Å². The van der Waals surface area contributed by atoms with Crippen molar-refractivity contribution in [3.8, 4) is 6.07 Å². The van der Waals surface area contributed by atoms with Crippen LogP contribution in [-0.2, 0) is 4.74 Å². The highest BCUT2D eigenvalue weighted by Crippen LogP contribution is 2.27. The van der Waals surface area contributed by atoms with Crippen molar-refractivity contribution in [3.05, 3.63) is 53.6 Å². The maximum Gasteiger partial charge on any atom is 0.323 e. The first kappa shape index (κ1) is 22.1. The fourth-order valence-electron chi connectivity index (χ4n) is 3.49. The van der Waals surface area contributed by atoms with Gasteiger partial charge in [-0.2, -0.15) is 5.26 Å². The Morgan fingerprint density at radius 3 is 2.39 bits per heavy atom. The van der Waals surface area contributed by atoms with Gasteiger partial charge in [-0.05, 0) is 61.7 Å². The lowest BCUT2D eigenvalue weighted by molar-refractivity contribution is 0.0937. The van der Waals surface area contributed by atoms with Crippen LogP contribution in [0.25, 0.3) is 0 Å². The van der Waals surface area contributed by atoms with E-state index in [2.05, 4.69) is 20.9 Å². The molecule has 1 aliphatic heterocycles. The highest BCUT2D eigenvalue weighted by molar-refractivity contribution is 6.04. The molecule has 1 aliphatic rings. The summed E-state index contributed by atoms with van der Waals surface area (Å²) < 4.78 is 5.01. The second-order valence-electron chi connectivity index (χ2n) is 7.30. The Kier molecular flexibility index (Phi) is 7.85. The molecule has 2 aromatic rings. The topological polar surface area (TPSA) is 106 Å². The molecule has 0 aliphatic carbocycles. The van der Waals surface area contributed by atoms with E-state index < -0.39 is 6.03 Å². The highest BCUT2D eigenvalue weighted by Gasteiger charge is 2.19. The molecule has 162 valence electrons. The summed E-state index contributed by atoms with van der Waals surface area (Å²) in [7, 11) is 1.59. The van der Waals surface area contributed by atoms with Gasteiger partial charge >= 0.3 is 6.03 Å². The highest BCUT2D eigenvalue weighted by atomic mass is 16.5. The molecule has 3 amide bonds. The van der Waals surface area contributed by atoms with Crippen LogP contribution in [0.3, 0.4) is 0 Å². The molecule has 3 N–H and O–H groups in total. The van der Waals surface area contributed by atoms with E-state index in [-0.39, 0.29) is 5.91 Å². The summed E-state index contributed by atoms with van der Waals surface area (Å²) in [5.41, 5.74) is 2.99. The third-order valence-electron chi connectivity index (χ3n) is 5.06. The summed E-state index contributed by atoms with van der Waals surface area (Å²) in [6, 6.07) is 13.6. The Morgan fingerprint density at radius 2 is 1.71 bits per heavy atom. The normalized spacial score (nSPS) is 13.2. The molecule has 8 nitrogen and oxygen atoms in total. The van der Waals surface area contributed by atoms with Gasteiger partial charge in [0.15, 0.2) is 0 Å². The molecule has 0 saturated carbocycles. The first-order valence-corrected chi connectivity index (χ1v) is 10.3. The zero-order chi connectivity index (χ0) is 22.1. The van der Waals surface area contributed by atoms with Gasteiger partial charge in [0.05, 0.1) is 23.8 Å². The maximum absolute atomic E-state index is 12.8. The predicted molar refractivity (Wildman–Crippen MR) is 121 cm³/mol. The van der Waals surface area contributed by atoms with Crippen LogP contribution in [0, 0.1) is 11.3 Å². The molecule has 1 fully saturated rings. The molecule has 0 spiro atoms. The average molecular weight is 422 g/mol. The number of hydrogen-bond acceptors (Lipinski definition) is 5. The summed E-state index contributed by atoms with van der Waals surface area (Å²) in [6.07, 6.45) is 3.39. The number of nitrogens with zero attached hydrogens (tertiary/aromatic N) is 2. The molecule has 0 unspecified atom stereocenters. The molecule has 0 bridgehead atoms. The lowest BCUT2D eigenvalue weighted by Gasteiger charge is -2.30. The van der Waals surface area contributed by atoms with E-state index in [0.717, 1.165) is 31.6 Å². The van der Waals surface area contributed by atoms with E-state index in [1.165, 1.54) is 6.42 Å². The number of hydrogen-bond donors (Lipinski definition) is 3. The summed E-state index contributed by atoms with van der Waals surface area (Å²) >= 11 is 0. The third kappa shape index (κ3) is 6.20. The first-order valence-electron chi connectivity index (χ1n) is 10.3. The number of carbonyl (C=O) groups excluding carboxylic acids is 2. The molecule has 1 heterocycles. The van der Waals surface area contributed by atoms with Gasteiger partial charge in [0.25, 0.3) is 5.91 Å². The minimum absolute atomic E-state index is 0.200. The van der Waals surface area contributed by atoms with Gasteiger partial charge in [0, 0.05) is 43.8 Å². The molecule has 0 radical (unpaired) electrons. The van der Waals surface area contributed by atoms with Crippen molar-refractivity contribution in [1.29, 1.82) is 5.26 Å². The fourth-order valence-corrected chi connectivity index (χ4v) is 3.49. The molecular weight excluding hydrogens is 394 g/mol.